The van der Waals surface area contributed by atoms with Crippen LogP contribution in [0.25, 0.3) is 11.0 Å². The van der Waals surface area contributed by atoms with Crippen molar-refractivity contribution in [1.29, 1.82) is 0 Å². The number of carboxylic acids is 1. The second kappa shape index (κ2) is 5.59. The number of rotatable bonds is 3. The Labute approximate surface area is 136 Å². The van der Waals surface area contributed by atoms with Crippen LogP contribution >= 0.6 is 23.2 Å². The number of hydrogen-bond donors (Lipinski definition) is 1. The number of aromatic nitrogens is 3. The Hall–Kier alpha value is -2.11. The van der Waals surface area contributed by atoms with Gasteiger partial charge in [-0.05, 0) is 31.2 Å². The van der Waals surface area contributed by atoms with Crippen LogP contribution in [0.15, 0.2) is 30.3 Å². The first-order chi connectivity index (χ1) is 10.5. The lowest BCUT2D eigenvalue weighted by Crippen LogP contribution is -2.06. The maximum atomic E-state index is 11.1. The van der Waals surface area contributed by atoms with Gasteiger partial charge < -0.3 is 5.11 Å². The summed E-state index contributed by atoms with van der Waals surface area (Å²) < 4.78 is 1.62. The fraction of sp³-hybridized carbons (Fsp3) is 0.133. The third-order valence-electron chi connectivity index (χ3n) is 3.37. The maximum Gasteiger partial charge on any atom is 0.354 e. The van der Waals surface area contributed by atoms with Crippen LogP contribution < -0.4 is 0 Å². The Kier molecular flexibility index (Phi) is 3.76. The van der Waals surface area contributed by atoms with Crippen molar-refractivity contribution in [2.45, 2.75) is 13.5 Å². The smallest absolute Gasteiger partial charge is 0.354 e. The second-order valence-electron chi connectivity index (χ2n) is 4.82. The van der Waals surface area contributed by atoms with E-state index < -0.39 is 5.97 Å². The molecule has 0 radical (unpaired) electrons. The van der Waals surface area contributed by atoms with Crippen LogP contribution in [0, 0.1) is 6.92 Å². The van der Waals surface area contributed by atoms with E-state index in [-0.39, 0.29) is 5.69 Å². The number of hydrogen-bond acceptors (Lipinski definition) is 3. The Balaban J connectivity index is 2.14. The van der Waals surface area contributed by atoms with Crippen molar-refractivity contribution in [2.24, 2.45) is 0 Å². The van der Waals surface area contributed by atoms with Crippen LogP contribution in [0.5, 0.6) is 0 Å². The standard InChI is InChI=1S/C15H11Cl2N3O2/c1-8-9-5-6-13(15(21)22)18-14(9)20(19-8)7-10-11(16)3-2-4-12(10)17/h2-6H,7H2,1H3,(H,21,22). The summed E-state index contributed by atoms with van der Waals surface area (Å²) in [6.07, 6.45) is 0. The van der Waals surface area contributed by atoms with Crippen LogP contribution in [-0.2, 0) is 6.54 Å². The number of nitrogens with zero attached hydrogens (tertiary/aromatic N) is 3. The van der Waals surface area contributed by atoms with E-state index in [0.717, 1.165) is 16.6 Å². The molecule has 1 aromatic carbocycles. The molecule has 2 heterocycles. The highest BCUT2D eigenvalue weighted by Gasteiger charge is 2.15. The molecule has 0 bridgehead atoms. The Morgan fingerprint density at radius 3 is 2.55 bits per heavy atom. The molecular formula is C15H11Cl2N3O2. The minimum atomic E-state index is -1.08. The first kappa shape index (κ1) is 14.8. The largest absolute Gasteiger partial charge is 0.477 e. The van der Waals surface area contributed by atoms with Gasteiger partial charge in [0.15, 0.2) is 11.3 Å². The molecule has 0 fully saturated rings. The fourth-order valence-electron chi connectivity index (χ4n) is 2.27. The predicted molar refractivity (Wildman–Crippen MR) is 84.8 cm³/mol. The van der Waals surface area contributed by atoms with Crippen LogP contribution in [0.2, 0.25) is 10.0 Å². The molecule has 0 saturated heterocycles. The van der Waals surface area contributed by atoms with E-state index in [1.807, 2.05) is 6.92 Å². The first-order valence-electron chi connectivity index (χ1n) is 6.47. The molecule has 22 heavy (non-hydrogen) atoms. The summed E-state index contributed by atoms with van der Waals surface area (Å²) in [5.74, 6) is -1.08. The summed E-state index contributed by atoms with van der Waals surface area (Å²) in [7, 11) is 0. The van der Waals surface area contributed by atoms with E-state index in [1.54, 1.807) is 28.9 Å². The number of carboxylic acid groups (broad SMARTS) is 1. The van der Waals surface area contributed by atoms with E-state index in [9.17, 15) is 4.79 Å². The summed E-state index contributed by atoms with van der Waals surface area (Å²) in [6, 6.07) is 8.43. The van der Waals surface area contributed by atoms with Gasteiger partial charge in [0.2, 0.25) is 0 Å². The van der Waals surface area contributed by atoms with E-state index >= 15 is 0 Å². The van der Waals surface area contributed by atoms with Crippen molar-refractivity contribution >= 4 is 40.2 Å². The van der Waals surface area contributed by atoms with Gasteiger partial charge in [0.05, 0.1) is 12.2 Å². The lowest BCUT2D eigenvalue weighted by Gasteiger charge is -2.08. The van der Waals surface area contributed by atoms with Gasteiger partial charge in [-0.3, -0.25) is 0 Å². The van der Waals surface area contributed by atoms with E-state index in [0.29, 0.717) is 22.2 Å². The molecule has 0 atom stereocenters. The van der Waals surface area contributed by atoms with Crippen LogP contribution in [0.3, 0.4) is 0 Å². The van der Waals surface area contributed by atoms with Crippen LogP contribution in [0.1, 0.15) is 21.7 Å². The molecule has 7 heteroatoms. The zero-order valence-corrected chi connectivity index (χ0v) is 13.1. The highest BCUT2D eigenvalue weighted by atomic mass is 35.5. The zero-order valence-electron chi connectivity index (χ0n) is 11.5. The van der Waals surface area contributed by atoms with Crippen molar-refractivity contribution < 1.29 is 9.90 Å². The lowest BCUT2D eigenvalue weighted by molar-refractivity contribution is 0.0691. The third-order valence-corrected chi connectivity index (χ3v) is 4.08. The van der Waals surface area contributed by atoms with Crippen molar-refractivity contribution in [1.82, 2.24) is 14.8 Å². The van der Waals surface area contributed by atoms with Crippen molar-refractivity contribution in [3.63, 3.8) is 0 Å². The minimum Gasteiger partial charge on any atom is -0.477 e. The van der Waals surface area contributed by atoms with Gasteiger partial charge in [-0.15, -0.1) is 0 Å². The van der Waals surface area contributed by atoms with Crippen molar-refractivity contribution in [2.75, 3.05) is 0 Å². The average Bonchev–Trinajstić information content (AvgIpc) is 2.79. The number of aromatic carboxylic acids is 1. The van der Waals surface area contributed by atoms with Gasteiger partial charge in [0, 0.05) is 21.0 Å². The first-order valence-corrected chi connectivity index (χ1v) is 7.23. The quantitative estimate of drug-likeness (QED) is 0.790. The van der Waals surface area contributed by atoms with E-state index in [4.69, 9.17) is 28.3 Å². The zero-order chi connectivity index (χ0) is 15.9. The maximum absolute atomic E-state index is 11.1. The molecule has 5 nitrogen and oxygen atoms in total. The normalized spacial score (nSPS) is 11.0. The minimum absolute atomic E-state index is 0.0288. The molecule has 0 saturated carbocycles. The summed E-state index contributed by atoms with van der Waals surface area (Å²) in [5, 5.41) is 15.4. The summed E-state index contributed by atoms with van der Waals surface area (Å²) >= 11 is 12.4. The van der Waals surface area contributed by atoms with E-state index in [1.165, 1.54) is 6.07 Å². The van der Waals surface area contributed by atoms with Gasteiger partial charge in [0.25, 0.3) is 0 Å². The molecule has 0 spiro atoms. The number of halogens is 2. The summed E-state index contributed by atoms with van der Waals surface area (Å²) in [6.45, 7) is 2.16. The monoisotopic (exact) mass is 335 g/mol. The Morgan fingerprint density at radius 1 is 1.23 bits per heavy atom. The molecule has 1 N–H and O–H groups in total. The molecule has 0 amide bonds. The van der Waals surface area contributed by atoms with Gasteiger partial charge in [0.1, 0.15) is 0 Å². The van der Waals surface area contributed by atoms with Gasteiger partial charge >= 0.3 is 5.97 Å². The number of aryl methyl sites for hydroxylation is 1. The van der Waals surface area contributed by atoms with Crippen molar-refractivity contribution in [3.8, 4) is 0 Å². The number of pyridine rings is 1. The molecule has 0 aliphatic rings. The average molecular weight is 336 g/mol. The third kappa shape index (κ3) is 2.53. The molecule has 3 aromatic rings. The number of carbonyl (C=O) groups is 1. The Morgan fingerprint density at radius 2 is 1.91 bits per heavy atom. The Bertz CT molecular complexity index is 870. The van der Waals surface area contributed by atoms with Gasteiger partial charge in [-0.25, -0.2) is 14.5 Å². The van der Waals surface area contributed by atoms with E-state index in [2.05, 4.69) is 10.1 Å². The highest BCUT2D eigenvalue weighted by Crippen LogP contribution is 2.26. The van der Waals surface area contributed by atoms with Gasteiger partial charge in [-0.2, -0.15) is 5.10 Å². The molecule has 0 unspecified atom stereocenters. The predicted octanol–water partition coefficient (Wildman–Crippen LogP) is 3.79. The topological polar surface area (TPSA) is 68.0 Å². The van der Waals surface area contributed by atoms with Crippen LogP contribution in [0.4, 0.5) is 0 Å². The number of fused-ring (bicyclic) bond motifs is 1. The van der Waals surface area contributed by atoms with Crippen molar-refractivity contribution in [3.05, 3.63) is 57.3 Å². The number of benzene rings is 1. The van der Waals surface area contributed by atoms with Crippen LogP contribution in [-0.4, -0.2) is 25.8 Å². The second-order valence-corrected chi connectivity index (χ2v) is 5.63. The summed E-state index contributed by atoms with van der Waals surface area (Å²) in [4.78, 5) is 15.3. The lowest BCUT2D eigenvalue weighted by atomic mass is 10.2. The SMILES string of the molecule is Cc1nn(Cc2c(Cl)cccc2Cl)c2nc(C(=O)O)ccc12. The highest BCUT2D eigenvalue weighted by molar-refractivity contribution is 6.36. The molecule has 0 aliphatic carbocycles. The summed E-state index contributed by atoms with van der Waals surface area (Å²) in [5.41, 5.74) is 1.95. The molecule has 3 rings (SSSR count). The molecule has 2 aromatic heterocycles. The fourth-order valence-corrected chi connectivity index (χ4v) is 2.79. The molecule has 112 valence electrons. The molecule has 0 aliphatic heterocycles. The van der Waals surface area contributed by atoms with Gasteiger partial charge in [-0.1, -0.05) is 29.3 Å². The molecular weight excluding hydrogens is 325 g/mol.